The lowest BCUT2D eigenvalue weighted by molar-refractivity contribution is 0.260. The van der Waals surface area contributed by atoms with Crippen molar-refractivity contribution in [3.63, 3.8) is 0 Å². The summed E-state index contributed by atoms with van der Waals surface area (Å²) in [4.78, 5) is 9.98. The molecule has 0 N–H and O–H groups in total. The molecule has 2 atom stereocenters. The van der Waals surface area contributed by atoms with E-state index in [0.29, 0.717) is 0 Å². The van der Waals surface area contributed by atoms with Gasteiger partial charge in [0.1, 0.15) is 0 Å². The summed E-state index contributed by atoms with van der Waals surface area (Å²) in [5.41, 5.74) is 0. The van der Waals surface area contributed by atoms with E-state index in [9.17, 15) is 9.00 Å². The van der Waals surface area contributed by atoms with Gasteiger partial charge in [-0.05, 0) is 6.92 Å². The molecule has 0 radical (unpaired) electrons. The lowest BCUT2D eigenvalue weighted by Crippen LogP contribution is -2.16. The minimum absolute atomic E-state index is 0.285. The highest BCUT2D eigenvalue weighted by atomic mass is 35.5. The van der Waals surface area contributed by atoms with Gasteiger partial charge in [0, 0.05) is 0 Å². The Bertz CT molecular complexity index is 229. The number of hydrogen-bond acceptors (Lipinski definition) is 4. The quantitative estimate of drug-likeness (QED) is 0.399. The van der Waals surface area contributed by atoms with Gasteiger partial charge in [-0.2, -0.15) is 4.21 Å². The molecule has 0 bridgehead atoms. The third-order valence-electron chi connectivity index (χ3n) is 0.874. The van der Waals surface area contributed by atoms with Crippen molar-refractivity contribution in [2.24, 2.45) is 0 Å². The minimum Gasteiger partial charge on any atom is -0.368 e. The van der Waals surface area contributed by atoms with Crippen LogP contribution in [-0.2, 0) is 24.5 Å². The standard InChI is InChI=1S/C4H3ClO4S/c1-4(5)3(2-6)8-10(7)9-4/h1H3. The van der Waals surface area contributed by atoms with Crippen LogP contribution in [0.1, 0.15) is 6.92 Å². The number of hydrogen-bond donors (Lipinski definition) is 0. The molecule has 0 aliphatic carbocycles. The minimum atomic E-state index is -1.95. The Hall–Kier alpha value is -0.350. The van der Waals surface area contributed by atoms with E-state index in [0.717, 1.165) is 0 Å². The summed E-state index contributed by atoms with van der Waals surface area (Å²) < 4.78 is 19.2. The Labute approximate surface area is 64.6 Å². The van der Waals surface area contributed by atoms with Crippen LogP contribution in [0.2, 0.25) is 0 Å². The molecule has 0 amide bonds. The highest BCUT2D eigenvalue weighted by Gasteiger charge is 2.42. The van der Waals surface area contributed by atoms with Gasteiger partial charge in [-0.25, -0.2) is 8.98 Å². The highest BCUT2D eigenvalue weighted by molar-refractivity contribution is 7.75. The van der Waals surface area contributed by atoms with Crippen molar-refractivity contribution in [3.8, 4) is 0 Å². The molecule has 56 valence electrons. The first kappa shape index (κ1) is 7.75. The van der Waals surface area contributed by atoms with Gasteiger partial charge in [-0.1, -0.05) is 11.6 Å². The average Bonchev–Trinajstić information content (AvgIpc) is 2.04. The fourth-order valence-corrected chi connectivity index (χ4v) is 1.40. The summed E-state index contributed by atoms with van der Waals surface area (Å²) in [6.45, 7) is 1.35. The van der Waals surface area contributed by atoms with E-state index >= 15 is 0 Å². The largest absolute Gasteiger partial charge is 0.368 e. The van der Waals surface area contributed by atoms with Gasteiger partial charge in [0.05, 0.1) is 0 Å². The molecule has 4 nitrogen and oxygen atoms in total. The fourth-order valence-electron chi connectivity index (χ4n) is 0.433. The maximum Gasteiger partial charge on any atom is 0.363 e. The molecular weight excluding hydrogens is 180 g/mol. The number of carbonyl (C=O) groups excluding carboxylic acids is 1. The lowest BCUT2D eigenvalue weighted by Gasteiger charge is -2.04. The summed E-state index contributed by atoms with van der Waals surface area (Å²) >= 11 is 3.54. The van der Waals surface area contributed by atoms with Crippen LogP contribution in [0, 0.1) is 0 Å². The zero-order valence-electron chi connectivity index (χ0n) is 4.92. The first-order valence-electron chi connectivity index (χ1n) is 2.30. The van der Waals surface area contributed by atoms with Gasteiger partial charge >= 0.3 is 11.4 Å². The number of rotatable bonds is 0. The first-order chi connectivity index (χ1) is 4.56. The van der Waals surface area contributed by atoms with Crippen LogP contribution in [0.15, 0.2) is 5.76 Å². The normalized spacial score (nSPS) is 39.0. The molecule has 0 aromatic heterocycles. The van der Waals surface area contributed by atoms with Crippen LogP contribution in [0.3, 0.4) is 0 Å². The molecule has 0 saturated carbocycles. The maximum absolute atomic E-state index is 10.4. The van der Waals surface area contributed by atoms with Crippen LogP contribution >= 0.6 is 11.6 Å². The molecule has 6 heteroatoms. The molecular formula is C4H3ClO4S. The SMILES string of the molecule is CC1(Cl)OS(=O)OC1=C=O. The number of halogens is 1. The molecule has 1 fully saturated rings. The van der Waals surface area contributed by atoms with Crippen molar-refractivity contribution >= 4 is 28.9 Å². The molecule has 0 aromatic rings. The van der Waals surface area contributed by atoms with Gasteiger partial charge in [0.25, 0.3) is 5.76 Å². The smallest absolute Gasteiger partial charge is 0.363 e. The van der Waals surface area contributed by atoms with Crippen LogP contribution in [0.4, 0.5) is 0 Å². The Balaban J connectivity index is 2.99. The Morgan fingerprint density at radius 2 is 2.40 bits per heavy atom. The Morgan fingerprint density at radius 1 is 1.80 bits per heavy atom. The Morgan fingerprint density at radius 3 is 2.60 bits per heavy atom. The van der Waals surface area contributed by atoms with Crippen molar-refractivity contribution in [1.29, 1.82) is 0 Å². The van der Waals surface area contributed by atoms with E-state index in [4.69, 9.17) is 11.6 Å². The van der Waals surface area contributed by atoms with E-state index < -0.39 is 16.4 Å². The van der Waals surface area contributed by atoms with Crippen LogP contribution in [0.5, 0.6) is 0 Å². The second kappa shape index (κ2) is 2.36. The van der Waals surface area contributed by atoms with Gasteiger partial charge in [-0.15, -0.1) is 0 Å². The van der Waals surface area contributed by atoms with Crippen LogP contribution in [0.25, 0.3) is 0 Å². The topological polar surface area (TPSA) is 52.6 Å². The van der Waals surface area contributed by atoms with Crippen LogP contribution < -0.4 is 0 Å². The molecule has 0 spiro atoms. The summed E-state index contributed by atoms with van der Waals surface area (Å²) in [6.07, 6.45) is 0. The summed E-state index contributed by atoms with van der Waals surface area (Å²) in [7, 11) is 0. The third kappa shape index (κ3) is 1.22. The molecule has 1 aliphatic rings. The zero-order valence-corrected chi connectivity index (χ0v) is 6.49. The molecule has 1 rings (SSSR count). The van der Waals surface area contributed by atoms with Crippen molar-refractivity contribution in [1.82, 2.24) is 0 Å². The maximum atomic E-state index is 10.4. The molecule has 10 heavy (non-hydrogen) atoms. The van der Waals surface area contributed by atoms with Gasteiger partial charge in [0.2, 0.25) is 5.06 Å². The molecule has 1 saturated heterocycles. The van der Waals surface area contributed by atoms with E-state index in [1.807, 2.05) is 0 Å². The van der Waals surface area contributed by atoms with Crippen LogP contribution in [-0.4, -0.2) is 15.2 Å². The van der Waals surface area contributed by atoms with Gasteiger partial charge in [0.15, 0.2) is 5.94 Å². The number of alkyl halides is 1. The summed E-state index contributed by atoms with van der Waals surface area (Å²) in [5, 5.41) is -1.42. The second-order valence-electron chi connectivity index (χ2n) is 1.72. The van der Waals surface area contributed by atoms with Crippen molar-refractivity contribution in [3.05, 3.63) is 5.76 Å². The predicted molar refractivity (Wildman–Crippen MR) is 33.8 cm³/mol. The Kier molecular flexibility index (Phi) is 1.83. The summed E-state index contributed by atoms with van der Waals surface area (Å²) in [5.74, 6) is 1.09. The van der Waals surface area contributed by atoms with E-state index in [1.165, 1.54) is 12.9 Å². The highest BCUT2D eigenvalue weighted by Crippen LogP contribution is 2.33. The van der Waals surface area contributed by atoms with E-state index in [2.05, 4.69) is 8.37 Å². The fraction of sp³-hybridized carbons (Fsp3) is 0.500. The third-order valence-corrected chi connectivity index (χ3v) is 1.99. The van der Waals surface area contributed by atoms with Gasteiger partial charge in [-0.3, -0.25) is 0 Å². The zero-order chi connectivity index (χ0) is 7.78. The molecule has 0 aromatic carbocycles. The predicted octanol–water partition coefficient (Wildman–Crippen LogP) is 0.282. The second-order valence-corrected chi connectivity index (χ2v) is 3.18. The average molecular weight is 183 g/mol. The van der Waals surface area contributed by atoms with E-state index in [-0.39, 0.29) is 5.76 Å². The van der Waals surface area contributed by atoms with Crippen molar-refractivity contribution < 1.29 is 17.4 Å². The lowest BCUT2D eigenvalue weighted by atomic mass is 10.3. The monoisotopic (exact) mass is 182 g/mol. The van der Waals surface area contributed by atoms with Crippen molar-refractivity contribution in [2.75, 3.05) is 0 Å². The molecule has 2 unspecified atom stereocenters. The van der Waals surface area contributed by atoms with Gasteiger partial charge < -0.3 is 4.18 Å². The van der Waals surface area contributed by atoms with Crippen molar-refractivity contribution in [2.45, 2.75) is 12.0 Å². The molecule has 1 heterocycles. The molecule has 1 aliphatic heterocycles. The van der Waals surface area contributed by atoms with E-state index in [1.54, 1.807) is 0 Å². The summed E-state index contributed by atoms with van der Waals surface area (Å²) in [6, 6.07) is 0. The first-order valence-corrected chi connectivity index (χ1v) is 3.68.